The Balaban J connectivity index is 1.81. The summed E-state index contributed by atoms with van der Waals surface area (Å²) in [6.45, 7) is 0.332. The number of amides is 1. The number of hydrogen-bond donors (Lipinski definition) is 1. The zero-order chi connectivity index (χ0) is 14.8. The topological polar surface area (TPSA) is 46.4 Å². The molecule has 0 aliphatic heterocycles. The van der Waals surface area contributed by atoms with Gasteiger partial charge in [-0.2, -0.15) is 0 Å². The predicted molar refractivity (Wildman–Crippen MR) is 80.5 cm³/mol. The number of benzene rings is 1. The molecule has 6 heteroatoms. The van der Waals surface area contributed by atoms with Gasteiger partial charge in [0, 0.05) is 29.6 Å². The first kappa shape index (κ1) is 13.8. The van der Waals surface area contributed by atoms with Crippen LogP contribution in [0.25, 0.3) is 5.65 Å². The molecule has 0 aliphatic rings. The molecular formula is C15H11BrFN3O. The first-order valence-corrected chi connectivity index (χ1v) is 7.07. The highest BCUT2D eigenvalue weighted by atomic mass is 79.9. The lowest BCUT2D eigenvalue weighted by Crippen LogP contribution is -2.23. The summed E-state index contributed by atoms with van der Waals surface area (Å²) in [5, 5.41) is 2.81. The predicted octanol–water partition coefficient (Wildman–Crippen LogP) is 3.17. The number of rotatable bonds is 3. The molecule has 0 aliphatic carbocycles. The molecule has 2 aromatic heterocycles. The van der Waals surface area contributed by atoms with Crippen molar-refractivity contribution in [2.45, 2.75) is 6.54 Å². The number of pyridine rings is 1. The minimum atomic E-state index is -0.295. The van der Waals surface area contributed by atoms with Crippen molar-refractivity contribution in [2.24, 2.45) is 0 Å². The van der Waals surface area contributed by atoms with Crippen LogP contribution in [-0.4, -0.2) is 15.3 Å². The van der Waals surface area contributed by atoms with E-state index >= 15 is 0 Å². The van der Waals surface area contributed by atoms with Crippen LogP contribution in [0, 0.1) is 5.82 Å². The van der Waals surface area contributed by atoms with Crippen LogP contribution >= 0.6 is 15.9 Å². The fourth-order valence-corrected chi connectivity index (χ4v) is 2.49. The molecule has 3 aromatic rings. The van der Waals surface area contributed by atoms with Crippen molar-refractivity contribution in [2.75, 3.05) is 0 Å². The first-order valence-electron chi connectivity index (χ1n) is 6.28. The van der Waals surface area contributed by atoms with Gasteiger partial charge >= 0.3 is 0 Å². The van der Waals surface area contributed by atoms with Gasteiger partial charge in [-0.25, -0.2) is 9.37 Å². The van der Waals surface area contributed by atoms with E-state index in [2.05, 4.69) is 26.2 Å². The standard InChI is InChI=1S/C15H11BrFN3O/c16-11-7-13(14-18-5-6-20(14)9-11)15(21)19-8-10-1-3-12(17)4-2-10/h1-7,9H,8H2,(H,19,21). The van der Waals surface area contributed by atoms with Gasteiger partial charge in [-0.1, -0.05) is 12.1 Å². The van der Waals surface area contributed by atoms with Crippen molar-refractivity contribution in [3.63, 3.8) is 0 Å². The number of nitrogens with one attached hydrogen (secondary N) is 1. The van der Waals surface area contributed by atoms with E-state index in [1.165, 1.54) is 12.1 Å². The Morgan fingerprint density at radius 3 is 2.86 bits per heavy atom. The number of aromatic nitrogens is 2. The highest BCUT2D eigenvalue weighted by molar-refractivity contribution is 9.10. The smallest absolute Gasteiger partial charge is 0.255 e. The Labute approximate surface area is 128 Å². The molecule has 0 spiro atoms. The molecule has 0 saturated carbocycles. The molecule has 1 amide bonds. The third-order valence-electron chi connectivity index (χ3n) is 3.07. The van der Waals surface area contributed by atoms with Crippen LogP contribution in [0.1, 0.15) is 15.9 Å². The van der Waals surface area contributed by atoms with E-state index in [0.29, 0.717) is 17.8 Å². The van der Waals surface area contributed by atoms with Crippen molar-refractivity contribution in [3.8, 4) is 0 Å². The summed E-state index contributed by atoms with van der Waals surface area (Å²) in [5.74, 6) is -0.520. The van der Waals surface area contributed by atoms with E-state index in [-0.39, 0.29) is 11.7 Å². The summed E-state index contributed by atoms with van der Waals surface area (Å²) in [7, 11) is 0. The second kappa shape index (κ2) is 5.65. The number of fused-ring (bicyclic) bond motifs is 1. The summed E-state index contributed by atoms with van der Waals surface area (Å²) in [4.78, 5) is 16.5. The van der Waals surface area contributed by atoms with Gasteiger partial charge in [0.05, 0.1) is 5.56 Å². The molecule has 0 radical (unpaired) electrons. The van der Waals surface area contributed by atoms with Crippen molar-refractivity contribution in [3.05, 3.63) is 70.3 Å². The van der Waals surface area contributed by atoms with Gasteiger partial charge in [0.25, 0.3) is 5.91 Å². The van der Waals surface area contributed by atoms with Crippen LogP contribution in [0.15, 0.2) is 53.4 Å². The number of carbonyl (C=O) groups is 1. The van der Waals surface area contributed by atoms with Gasteiger partial charge in [0.1, 0.15) is 11.5 Å². The maximum atomic E-state index is 12.8. The zero-order valence-corrected chi connectivity index (χ0v) is 12.5. The molecule has 106 valence electrons. The number of imidazole rings is 1. The SMILES string of the molecule is O=C(NCc1ccc(F)cc1)c1cc(Br)cn2ccnc12. The summed E-state index contributed by atoms with van der Waals surface area (Å²) in [6, 6.07) is 7.74. The number of nitrogens with zero attached hydrogens (tertiary/aromatic N) is 2. The molecule has 0 fully saturated rings. The number of carbonyl (C=O) groups excluding carboxylic acids is 1. The summed E-state index contributed by atoms with van der Waals surface area (Å²) in [5.41, 5.74) is 1.91. The molecule has 4 nitrogen and oxygen atoms in total. The molecule has 21 heavy (non-hydrogen) atoms. The highest BCUT2D eigenvalue weighted by Gasteiger charge is 2.12. The van der Waals surface area contributed by atoms with Crippen LogP contribution < -0.4 is 5.32 Å². The quantitative estimate of drug-likeness (QED) is 0.790. The average Bonchev–Trinajstić information content (AvgIpc) is 2.93. The van der Waals surface area contributed by atoms with E-state index in [9.17, 15) is 9.18 Å². The van der Waals surface area contributed by atoms with E-state index < -0.39 is 0 Å². The Morgan fingerprint density at radius 2 is 2.10 bits per heavy atom. The van der Waals surface area contributed by atoms with Crippen molar-refractivity contribution in [1.29, 1.82) is 0 Å². The maximum Gasteiger partial charge on any atom is 0.255 e. The third-order valence-corrected chi connectivity index (χ3v) is 3.50. The fraction of sp³-hybridized carbons (Fsp3) is 0.0667. The number of halogens is 2. The van der Waals surface area contributed by atoms with E-state index in [1.807, 2.05) is 6.20 Å². The summed E-state index contributed by atoms with van der Waals surface area (Å²) < 4.78 is 15.4. The Kier molecular flexibility index (Phi) is 3.70. The van der Waals surface area contributed by atoms with Crippen LogP contribution in [0.3, 0.4) is 0 Å². The van der Waals surface area contributed by atoms with E-state index in [1.54, 1.807) is 35.0 Å². The second-order valence-electron chi connectivity index (χ2n) is 4.54. The Bertz CT molecular complexity index is 798. The molecule has 0 saturated heterocycles. The lowest BCUT2D eigenvalue weighted by Gasteiger charge is -2.07. The normalized spacial score (nSPS) is 10.8. The zero-order valence-electron chi connectivity index (χ0n) is 10.9. The van der Waals surface area contributed by atoms with Crippen molar-refractivity contribution in [1.82, 2.24) is 14.7 Å². The van der Waals surface area contributed by atoms with Crippen LogP contribution in [0.4, 0.5) is 4.39 Å². The highest BCUT2D eigenvalue weighted by Crippen LogP contribution is 2.17. The molecule has 1 aromatic carbocycles. The van der Waals surface area contributed by atoms with Gasteiger partial charge in [0.15, 0.2) is 0 Å². The van der Waals surface area contributed by atoms with E-state index in [0.717, 1.165) is 10.0 Å². The minimum Gasteiger partial charge on any atom is -0.348 e. The van der Waals surface area contributed by atoms with Crippen molar-refractivity contribution < 1.29 is 9.18 Å². The first-order chi connectivity index (χ1) is 10.1. The van der Waals surface area contributed by atoms with Gasteiger partial charge in [-0.05, 0) is 39.7 Å². The van der Waals surface area contributed by atoms with Gasteiger partial charge in [-0.3, -0.25) is 4.79 Å². The Hall–Kier alpha value is -2.21. The van der Waals surface area contributed by atoms with Crippen LogP contribution in [0.5, 0.6) is 0 Å². The van der Waals surface area contributed by atoms with Gasteiger partial charge in [-0.15, -0.1) is 0 Å². The lowest BCUT2D eigenvalue weighted by atomic mass is 10.2. The average molecular weight is 348 g/mol. The maximum absolute atomic E-state index is 12.8. The van der Waals surface area contributed by atoms with E-state index in [4.69, 9.17) is 0 Å². The van der Waals surface area contributed by atoms with Gasteiger partial charge in [0.2, 0.25) is 0 Å². The monoisotopic (exact) mass is 347 g/mol. The fourth-order valence-electron chi connectivity index (χ4n) is 2.05. The second-order valence-corrected chi connectivity index (χ2v) is 5.45. The molecule has 0 atom stereocenters. The summed E-state index contributed by atoms with van der Waals surface area (Å²) >= 11 is 3.37. The molecular weight excluding hydrogens is 337 g/mol. The lowest BCUT2D eigenvalue weighted by molar-refractivity contribution is 0.0952. The Morgan fingerprint density at radius 1 is 1.33 bits per heavy atom. The minimum absolute atomic E-state index is 0.225. The molecule has 1 N–H and O–H groups in total. The van der Waals surface area contributed by atoms with Crippen LogP contribution in [-0.2, 0) is 6.54 Å². The molecule has 0 bridgehead atoms. The third kappa shape index (κ3) is 2.95. The molecule has 0 unspecified atom stereocenters. The summed E-state index contributed by atoms with van der Waals surface area (Å²) in [6.07, 6.45) is 5.24. The molecule has 3 rings (SSSR count). The molecule has 2 heterocycles. The van der Waals surface area contributed by atoms with Crippen molar-refractivity contribution >= 4 is 27.5 Å². The van der Waals surface area contributed by atoms with Gasteiger partial charge < -0.3 is 9.72 Å². The van der Waals surface area contributed by atoms with Crippen LogP contribution in [0.2, 0.25) is 0 Å². The number of hydrogen-bond acceptors (Lipinski definition) is 2. The largest absolute Gasteiger partial charge is 0.348 e.